The number of amides is 1. The molecule has 0 aromatic carbocycles. The fourth-order valence-electron chi connectivity index (χ4n) is 2.28. The summed E-state index contributed by atoms with van der Waals surface area (Å²) in [7, 11) is 0. The maximum absolute atomic E-state index is 11.6. The van der Waals surface area contributed by atoms with Crippen molar-refractivity contribution < 1.29 is 9.53 Å². The number of carbonyl (C=O) groups excluding carboxylic acids is 1. The number of rotatable bonds is 0. The molecule has 16 heavy (non-hydrogen) atoms. The van der Waals surface area contributed by atoms with E-state index in [9.17, 15) is 4.79 Å². The van der Waals surface area contributed by atoms with E-state index in [0.717, 1.165) is 25.9 Å². The minimum atomic E-state index is -0.401. The number of halogens is 1. The zero-order valence-electron chi connectivity index (χ0n) is 10.2. The number of hydrogen-bond acceptors (Lipinski definition) is 3. The van der Waals surface area contributed by atoms with Crippen molar-refractivity contribution in [2.45, 2.75) is 45.3 Å². The molecular formula is C11H21ClN2O2. The minimum absolute atomic E-state index is 0. The molecule has 2 N–H and O–H groups in total. The van der Waals surface area contributed by atoms with Gasteiger partial charge in [0, 0.05) is 24.5 Å². The molecule has 1 aliphatic heterocycles. The summed E-state index contributed by atoms with van der Waals surface area (Å²) in [4.78, 5) is 13.4. The summed E-state index contributed by atoms with van der Waals surface area (Å²) < 4.78 is 5.28. The highest BCUT2D eigenvalue weighted by Gasteiger charge is 2.55. The van der Waals surface area contributed by atoms with E-state index in [1.165, 1.54) is 0 Å². The molecule has 1 atom stereocenters. The normalized spacial score (nSPS) is 26.5. The molecule has 2 aliphatic rings. The van der Waals surface area contributed by atoms with Gasteiger partial charge in [-0.25, -0.2) is 4.79 Å². The molecule has 5 heteroatoms. The lowest BCUT2D eigenvalue weighted by Crippen LogP contribution is -2.70. The third-order valence-corrected chi connectivity index (χ3v) is 3.40. The second-order valence-corrected chi connectivity index (χ2v) is 5.84. The van der Waals surface area contributed by atoms with Gasteiger partial charge < -0.3 is 15.4 Å². The molecule has 1 saturated carbocycles. The number of ether oxygens (including phenoxy) is 1. The predicted octanol–water partition coefficient (Wildman–Crippen LogP) is 1.77. The first-order valence-corrected chi connectivity index (χ1v) is 5.56. The minimum Gasteiger partial charge on any atom is -0.444 e. The molecule has 0 radical (unpaired) electrons. The molecule has 1 aliphatic carbocycles. The smallest absolute Gasteiger partial charge is 0.410 e. The lowest BCUT2D eigenvalue weighted by molar-refractivity contribution is -0.0819. The summed E-state index contributed by atoms with van der Waals surface area (Å²) in [5.74, 6) is 0. The van der Waals surface area contributed by atoms with Gasteiger partial charge >= 0.3 is 6.09 Å². The van der Waals surface area contributed by atoms with E-state index >= 15 is 0 Å². The Kier molecular flexibility index (Phi) is 3.46. The van der Waals surface area contributed by atoms with E-state index in [0.29, 0.717) is 0 Å². The lowest BCUT2D eigenvalue weighted by atomic mass is 9.60. The van der Waals surface area contributed by atoms with Gasteiger partial charge in [0.1, 0.15) is 5.60 Å². The molecule has 1 amide bonds. The summed E-state index contributed by atoms with van der Waals surface area (Å²) in [5.41, 5.74) is 5.76. The zero-order chi connectivity index (χ0) is 11.3. The van der Waals surface area contributed by atoms with E-state index in [-0.39, 0.29) is 30.0 Å². The summed E-state index contributed by atoms with van der Waals surface area (Å²) >= 11 is 0. The van der Waals surface area contributed by atoms with Crippen LogP contribution in [0.5, 0.6) is 0 Å². The maximum Gasteiger partial charge on any atom is 0.410 e. The van der Waals surface area contributed by atoms with Crippen molar-refractivity contribution in [1.82, 2.24) is 4.90 Å². The third-order valence-electron chi connectivity index (χ3n) is 3.40. The second-order valence-electron chi connectivity index (χ2n) is 5.84. The van der Waals surface area contributed by atoms with Gasteiger partial charge in [-0.05, 0) is 33.6 Å². The molecule has 0 aromatic rings. The van der Waals surface area contributed by atoms with E-state index in [2.05, 4.69) is 0 Å². The standard InChI is InChI=1S/C11H20N2O2.ClH/c1-10(2,3)15-9(14)13-6-11(7-13)5-4-8(11)12;/h8H,4-7,12H2,1-3H3;1H/t8-;/m1./s1. The van der Waals surface area contributed by atoms with Crippen LogP contribution < -0.4 is 5.73 Å². The van der Waals surface area contributed by atoms with Crippen molar-refractivity contribution >= 4 is 18.5 Å². The molecule has 0 bridgehead atoms. The highest BCUT2D eigenvalue weighted by Crippen LogP contribution is 2.47. The zero-order valence-corrected chi connectivity index (χ0v) is 11.0. The maximum atomic E-state index is 11.6. The molecule has 2 fully saturated rings. The Morgan fingerprint density at radius 1 is 1.44 bits per heavy atom. The van der Waals surface area contributed by atoms with Gasteiger partial charge in [0.25, 0.3) is 0 Å². The van der Waals surface area contributed by atoms with Crippen LogP contribution in [0.4, 0.5) is 4.79 Å². The van der Waals surface area contributed by atoms with Crippen LogP contribution in [0.25, 0.3) is 0 Å². The van der Waals surface area contributed by atoms with Gasteiger partial charge in [0.15, 0.2) is 0 Å². The Bertz CT molecular complexity index is 282. The van der Waals surface area contributed by atoms with Gasteiger partial charge in [-0.15, -0.1) is 12.4 Å². The van der Waals surface area contributed by atoms with Crippen molar-refractivity contribution in [3.05, 3.63) is 0 Å². The number of nitrogens with zero attached hydrogens (tertiary/aromatic N) is 1. The van der Waals surface area contributed by atoms with Crippen LogP contribution in [0.15, 0.2) is 0 Å². The molecule has 4 nitrogen and oxygen atoms in total. The fourth-order valence-corrected chi connectivity index (χ4v) is 2.28. The topological polar surface area (TPSA) is 55.6 Å². The van der Waals surface area contributed by atoms with Crippen molar-refractivity contribution in [3.63, 3.8) is 0 Å². The molecule has 94 valence electrons. The average Bonchev–Trinajstić information content (AvgIpc) is 1.95. The SMILES string of the molecule is CC(C)(C)OC(=O)N1CC2(CC[C@H]2N)C1.Cl. The fraction of sp³-hybridized carbons (Fsp3) is 0.909. The summed E-state index contributed by atoms with van der Waals surface area (Å²) in [6.07, 6.45) is 2.06. The molecule has 2 rings (SSSR count). The molecule has 1 spiro atoms. The quantitative estimate of drug-likeness (QED) is 0.711. The Morgan fingerprint density at radius 3 is 2.31 bits per heavy atom. The average molecular weight is 249 g/mol. The predicted molar refractivity (Wildman–Crippen MR) is 64.7 cm³/mol. The molecule has 0 aromatic heterocycles. The molecular weight excluding hydrogens is 228 g/mol. The second kappa shape index (κ2) is 4.08. The number of carbonyl (C=O) groups is 1. The highest BCUT2D eigenvalue weighted by molar-refractivity contribution is 5.85. The molecule has 0 unspecified atom stereocenters. The summed E-state index contributed by atoms with van der Waals surface area (Å²) in [6, 6.07) is 0.288. The van der Waals surface area contributed by atoms with Gasteiger partial charge in [-0.1, -0.05) is 0 Å². The van der Waals surface area contributed by atoms with E-state index < -0.39 is 5.60 Å². The van der Waals surface area contributed by atoms with Crippen molar-refractivity contribution in [2.24, 2.45) is 11.1 Å². The van der Waals surface area contributed by atoms with Crippen molar-refractivity contribution in [1.29, 1.82) is 0 Å². The third kappa shape index (κ3) is 2.28. The van der Waals surface area contributed by atoms with Crippen LogP contribution >= 0.6 is 12.4 Å². The molecule has 1 saturated heterocycles. The number of nitrogens with two attached hydrogens (primary N) is 1. The van der Waals surface area contributed by atoms with E-state index in [4.69, 9.17) is 10.5 Å². The van der Waals surface area contributed by atoms with Crippen LogP contribution in [-0.2, 0) is 4.74 Å². The van der Waals surface area contributed by atoms with Crippen LogP contribution in [0.2, 0.25) is 0 Å². The van der Waals surface area contributed by atoms with E-state index in [1.807, 2.05) is 20.8 Å². The van der Waals surface area contributed by atoms with Crippen LogP contribution in [-0.4, -0.2) is 35.7 Å². The van der Waals surface area contributed by atoms with E-state index in [1.54, 1.807) is 4.90 Å². The first-order valence-electron chi connectivity index (χ1n) is 5.56. The Labute approximate surface area is 103 Å². The van der Waals surface area contributed by atoms with Crippen molar-refractivity contribution in [2.75, 3.05) is 13.1 Å². The van der Waals surface area contributed by atoms with Crippen LogP contribution in [0, 0.1) is 5.41 Å². The van der Waals surface area contributed by atoms with Gasteiger partial charge in [0.05, 0.1) is 0 Å². The number of likely N-dealkylation sites (tertiary alicyclic amines) is 1. The number of hydrogen-bond donors (Lipinski definition) is 1. The van der Waals surface area contributed by atoms with Crippen LogP contribution in [0.1, 0.15) is 33.6 Å². The van der Waals surface area contributed by atoms with Crippen LogP contribution in [0.3, 0.4) is 0 Å². The Balaban J connectivity index is 0.00000128. The first kappa shape index (κ1) is 13.6. The summed E-state index contributed by atoms with van der Waals surface area (Å²) in [5, 5.41) is 0. The van der Waals surface area contributed by atoms with Gasteiger partial charge in [0.2, 0.25) is 0 Å². The van der Waals surface area contributed by atoms with Gasteiger partial charge in [-0.2, -0.15) is 0 Å². The lowest BCUT2D eigenvalue weighted by Gasteiger charge is -2.59. The Morgan fingerprint density at radius 2 is 2.00 bits per heavy atom. The van der Waals surface area contributed by atoms with Crippen molar-refractivity contribution in [3.8, 4) is 0 Å². The first-order chi connectivity index (χ1) is 6.82. The highest BCUT2D eigenvalue weighted by atomic mass is 35.5. The summed E-state index contributed by atoms with van der Waals surface area (Å²) in [6.45, 7) is 7.22. The Hall–Kier alpha value is -0.480. The largest absolute Gasteiger partial charge is 0.444 e. The molecule has 1 heterocycles. The monoisotopic (exact) mass is 248 g/mol. The van der Waals surface area contributed by atoms with Gasteiger partial charge in [-0.3, -0.25) is 0 Å².